The molecular weight excluding hydrogens is 308 g/mol. The Labute approximate surface area is 131 Å². The van der Waals surface area contributed by atoms with Gasteiger partial charge in [0.05, 0.1) is 12.3 Å². The van der Waals surface area contributed by atoms with E-state index < -0.39 is 0 Å². The van der Waals surface area contributed by atoms with Crippen LogP contribution in [-0.2, 0) is 17.1 Å². The van der Waals surface area contributed by atoms with Gasteiger partial charge in [0.1, 0.15) is 5.15 Å². The van der Waals surface area contributed by atoms with Crippen molar-refractivity contribution in [2.24, 2.45) is 0 Å². The molecule has 0 radical (unpaired) electrons. The van der Waals surface area contributed by atoms with Gasteiger partial charge in [0, 0.05) is 12.9 Å². The number of hydrogen-bond donors (Lipinski definition) is 0. The van der Waals surface area contributed by atoms with Crippen LogP contribution < -0.4 is 0 Å². The zero-order chi connectivity index (χ0) is 14.7. The lowest BCUT2D eigenvalue weighted by Gasteiger charge is -2.00. The van der Waals surface area contributed by atoms with Gasteiger partial charge in [0.15, 0.2) is 0 Å². The number of ether oxygens (including phenoxy) is 1. The van der Waals surface area contributed by atoms with Crippen LogP contribution in [0.2, 0.25) is 5.15 Å². The molecule has 0 amide bonds. The van der Waals surface area contributed by atoms with E-state index in [0.29, 0.717) is 22.7 Å². The van der Waals surface area contributed by atoms with Gasteiger partial charge < -0.3 is 4.74 Å². The average molecular weight is 321 g/mol. The second-order valence-corrected chi connectivity index (χ2v) is 5.71. The van der Waals surface area contributed by atoms with Crippen LogP contribution in [0.3, 0.4) is 0 Å². The molecule has 21 heavy (non-hydrogen) atoms. The molecule has 1 aromatic carbocycles. The molecule has 2 heterocycles. The number of hydrogen-bond acceptors (Lipinski definition) is 5. The van der Waals surface area contributed by atoms with Gasteiger partial charge in [-0.1, -0.05) is 53.7 Å². The van der Waals surface area contributed by atoms with Gasteiger partial charge in [-0.2, -0.15) is 9.50 Å². The SMILES string of the molecule is COCc1cc(Cl)n2nc(SCc3ccccc3)nc2n1. The van der Waals surface area contributed by atoms with Gasteiger partial charge >= 0.3 is 0 Å². The molecule has 0 atom stereocenters. The molecule has 0 bridgehead atoms. The van der Waals surface area contributed by atoms with Crippen molar-refractivity contribution >= 4 is 29.1 Å². The van der Waals surface area contributed by atoms with Gasteiger partial charge in [-0.15, -0.1) is 5.10 Å². The molecule has 0 saturated heterocycles. The van der Waals surface area contributed by atoms with E-state index in [4.69, 9.17) is 16.3 Å². The summed E-state index contributed by atoms with van der Waals surface area (Å²) >= 11 is 7.74. The third-order valence-corrected chi connectivity index (χ3v) is 3.98. The molecule has 5 nitrogen and oxygen atoms in total. The van der Waals surface area contributed by atoms with E-state index in [1.54, 1.807) is 24.9 Å². The maximum atomic E-state index is 6.18. The van der Waals surface area contributed by atoms with Gasteiger partial charge in [0.25, 0.3) is 5.78 Å². The molecule has 0 aliphatic rings. The molecule has 0 fully saturated rings. The number of halogens is 1. The Morgan fingerprint density at radius 1 is 1.24 bits per heavy atom. The first-order chi connectivity index (χ1) is 10.3. The smallest absolute Gasteiger partial charge is 0.254 e. The molecule has 7 heteroatoms. The molecule has 0 spiro atoms. The molecule has 0 saturated carbocycles. The van der Waals surface area contributed by atoms with E-state index in [2.05, 4.69) is 27.2 Å². The molecule has 0 unspecified atom stereocenters. The van der Waals surface area contributed by atoms with Crippen molar-refractivity contribution in [1.82, 2.24) is 19.6 Å². The maximum Gasteiger partial charge on any atom is 0.254 e. The molecule has 3 aromatic rings. The van der Waals surface area contributed by atoms with E-state index in [0.717, 1.165) is 11.4 Å². The topological polar surface area (TPSA) is 52.3 Å². The lowest BCUT2D eigenvalue weighted by atomic mass is 10.2. The van der Waals surface area contributed by atoms with Gasteiger partial charge in [0.2, 0.25) is 5.16 Å². The summed E-state index contributed by atoms with van der Waals surface area (Å²) in [6.45, 7) is 0.398. The molecule has 0 N–H and O–H groups in total. The van der Waals surface area contributed by atoms with Crippen LogP contribution in [0, 0.1) is 0 Å². The van der Waals surface area contributed by atoms with Crippen LogP contribution in [0.15, 0.2) is 41.6 Å². The Balaban J connectivity index is 1.82. The number of fused-ring (bicyclic) bond motifs is 1. The monoisotopic (exact) mass is 320 g/mol. The van der Waals surface area contributed by atoms with E-state index in [-0.39, 0.29) is 0 Å². The normalized spacial score (nSPS) is 11.1. The first kappa shape index (κ1) is 14.3. The predicted molar refractivity (Wildman–Crippen MR) is 82.5 cm³/mol. The van der Waals surface area contributed by atoms with Crippen LogP contribution in [0.1, 0.15) is 11.3 Å². The summed E-state index contributed by atoms with van der Waals surface area (Å²) in [7, 11) is 1.62. The number of rotatable bonds is 5. The van der Waals surface area contributed by atoms with Crippen molar-refractivity contribution in [3.05, 3.63) is 52.8 Å². The summed E-state index contributed by atoms with van der Waals surface area (Å²) in [6, 6.07) is 11.9. The van der Waals surface area contributed by atoms with Crippen LogP contribution in [0.25, 0.3) is 5.78 Å². The largest absolute Gasteiger partial charge is 0.378 e. The molecular formula is C14H13ClN4OS. The van der Waals surface area contributed by atoms with Crippen molar-refractivity contribution in [3.63, 3.8) is 0 Å². The molecule has 0 aliphatic carbocycles. The number of methoxy groups -OCH3 is 1. The summed E-state index contributed by atoms with van der Waals surface area (Å²) in [4.78, 5) is 8.76. The highest BCUT2D eigenvalue weighted by molar-refractivity contribution is 7.98. The zero-order valence-electron chi connectivity index (χ0n) is 11.4. The van der Waals surface area contributed by atoms with Crippen molar-refractivity contribution in [2.75, 3.05) is 7.11 Å². The van der Waals surface area contributed by atoms with Crippen molar-refractivity contribution < 1.29 is 4.74 Å². The minimum Gasteiger partial charge on any atom is -0.378 e. The number of aromatic nitrogens is 4. The van der Waals surface area contributed by atoms with Gasteiger partial charge in [-0.25, -0.2) is 4.98 Å². The van der Waals surface area contributed by atoms with Crippen LogP contribution in [0.5, 0.6) is 0 Å². The zero-order valence-corrected chi connectivity index (χ0v) is 12.9. The summed E-state index contributed by atoms with van der Waals surface area (Å²) in [5, 5.41) is 5.50. The first-order valence-corrected chi connectivity index (χ1v) is 7.70. The highest BCUT2D eigenvalue weighted by Gasteiger charge is 2.10. The highest BCUT2D eigenvalue weighted by Crippen LogP contribution is 2.21. The Kier molecular flexibility index (Phi) is 4.38. The highest BCUT2D eigenvalue weighted by atomic mass is 35.5. The molecule has 2 aromatic heterocycles. The summed E-state index contributed by atoms with van der Waals surface area (Å²) < 4.78 is 6.60. The van der Waals surface area contributed by atoms with Crippen molar-refractivity contribution in [2.45, 2.75) is 17.5 Å². The van der Waals surface area contributed by atoms with E-state index in [9.17, 15) is 0 Å². The summed E-state index contributed by atoms with van der Waals surface area (Å²) in [5.41, 5.74) is 1.96. The number of nitrogens with zero attached hydrogens (tertiary/aromatic N) is 4. The Bertz CT molecular complexity index is 747. The van der Waals surface area contributed by atoms with E-state index in [1.165, 1.54) is 10.1 Å². The van der Waals surface area contributed by atoms with E-state index >= 15 is 0 Å². The summed E-state index contributed by atoms with van der Waals surface area (Å²) in [6.07, 6.45) is 0. The van der Waals surface area contributed by atoms with Crippen molar-refractivity contribution in [3.8, 4) is 0 Å². The average Bonchev–Trinajstić information content (AvgIpc) is 2.90. The van der Waals surface area contributed by atoms with Gasteiger partial charge in [-0.05, 0) is 11.6 Å². The minimum atomic E-state index is 0.398. The van der Waals surface area contributed by atoms with Crippen LogP contribution >= 0.6 is 23.4 Å². The quantitative estimate of drug-likeness (QED) is 0.533. The fourth-order valence-electron chi connectivity index (χ4n) is 1.87. The number of thioether (sulfide) groups is 1. The Hall–Kier alpha value is -1.63. The standard InChI is InChI=1S/C14H13ClN4OS/c1-20-8-11-7-12(15)19-13(16-11)17-14(18-19)21-9-10-5-3-2-4-6-10/h2-7H,8-9H2,1H3. The first-order valence-electron chi connectivity index (χ1n) is 6.34. The minimum absolute atomic E-state index is 0.398. The molecule has 108 valence electrons. The second-order valence-electron chi connectivity index (χ2n) is 4.38. The Morgan fingerprint density at radius 2 is 2.05 bits per heavy atom. The Morgan fingerprint density at radius 3 is 2.81 bits per heavy atom. The van der Waals surface area contributed by atoms with E-state index in [1.807, 2.05) is 18.2 Å². The lowest BCUT2D eigenvalue weighted by molar-refractivity contribution is 0.181. The van der Waals surface area contributed by atoms with Crippen LogP contribution in [-0.4, -0.2) is 26.7 Å². The molecule has 3 rings (SSSR count). The third-order valence-electron chi connectivity index (χ3n) is 2.81. The fourth-order valence-corrected chi connectivity index (χ4v) is 2.88. The second kappa shape index (κ2) is 6.43. The fraction of sp³-hybridized carbons (Fsp3) is 0.214. The third kappa shape index (κ3) is 3.34. The number of benzene rings is 1. The predicted octanol–water partition coefficient (Wildman–Crippen LogP) is 3.22. The summed E-state index contributed by atoms with van der Waals surface area (Å²) in [5.74, 6) is 1.30. The lowest BCUT2D eigenvalue weighted by Crippen LogP contribution is -1.98. The van der Waals surface area contributed by atoms with Crippen molar-refractivity contribution in [1.29, 1.82) is 0 Å². The van der Waals surface area contributed by atoms with Gasteiger partial charge in [-0.3, -0.25) is 0 Å². The maximum absolute atomic E-state index is 6.18. The van der Waals surface area contributed by atoms with Crippen LogP contribution in [0.4, 0.5) is 0 Å². The molecule has 0 aliphatic heterocycles.